The molecule has 0 amide bonds. The van der Waals surface area contributed by atoms with E-state index in [-0.39, 0.29) is 5.78 Å². The molecule has 3 aromatic rings. The van der Waals surface area contributed by atoms with Gasteiger partial charge < -0.3 is 0 Å². The number of carbonyl (C=O) groups is 1. The molecule has 0 fully saturated rings. The highest BCUT2D eigenvalue weighted by molar-refractivity contribution is 7.15. The molecular weight excluding hydrogens is 254 g/mol. The van der Waals surface area contributed by atoms with Crippen LogP contribution in [0, 0.1) is 6.92 Å². The number of ketones is 1. The smallest absolute Gasteiger partial charge is 0.193 e. The highest BCUT2D eigenvalue weighted by Crippen LogP contribution is 2.17. The minimum absolute atomic E-state index is 0.0933. The van der Waals surface area contributed by atoms with Gasteiger partial charge in [-0.3, -0.25) is 9.20 Å². The molecule has 0 bridgehead atoms. The molecule has 0 N–H and O–H groups in total. The lowest BCUT2D eigenvalue weighted by atomic mass is 10.2. The second-order valence-corrected chi connectivity index (χ2v) is 5.42. The topological polar surface area (TPSA) is 47.3 Å². The van der Waals surface area contributed by atoms with Crippen molar-refractivity contribution >= 4 is 33.4 Å². The standard InChI is InChI=1S/C11H9N3OS2/c1-7-10(17-6-12-7)9(15)4-8-5-14-2-3-16-11(14)13-8/h2-3,5-6H,4H2,1H3. The maximum Gasteiger partial charge on any atom is 0.193 e. The van der Waals surface area contributed by atoms with Gasteiger partial charge in [-0.1, -0.05) is 0 Å². The number of fused-ring (bicyclic) bond motifs is 1. The highest BCUT2D eigenvalue weighted by atomic mass is 32.1. The number of imidazole rings is 1. The van der Waals surface area contributed by atoms with Gasteiger partial charge in [-0.2, -0.15) is 0 Å². The van der Waals surface area contributed by atoms with E-state index in [1.807, 2.05) is 29.1 Å². The molecule has 0 saturated carbocycles. The van der Waals surface area contributed by atoms with E-state index in [2.05, 4.69) is 9.97 Å². The molecular formula is C11H9N3OS2. The first-order chi connectivity index (χ1) is 8.24. The number of carbonyl (C=O) groups excluding carboxylic acids is 1. The van der Waals surface area contributed by atoms with E-state index in [0.717, 1.165) is 21.2 Å². The molecule has 0 aliphatic heterocycles. The zero-order valence-corrected chi connectivity index (χ0v) is 10.7. The minimum atomic E-state index is 0.0933. The molecule has 0 spiro atoms. The van der Waals surface area contributed by atoms with E-state index in [9.17, 15) is 4.79 Å². The number of rotatable bonds is 3. The molecule has 0 aliphatic rings. The Kier molecular flexibility index (Phi) is 2.53. The van der Waals surface area contributed by atoms with E-state index < -0.39 is 0 Å². The van der Waals surface area contributed by atoms with Crippen LogP contribution in [0.2, 0.25) is 0 Å². The Morgan fingerprint density at radius 3 is 3.06 bits per heavy atom. The lowest BCUT2D eigenvalue weighted by molar-refractivity contribution is 0.0995. The van der Waals surface area contributed by atoms with Crippen LogP contribution in [0.3, 0.4) is 0 Å². The number of thiazole rings is 2. The zero-order valence-electron chi connectivity index (χ0n) is 9.08. The third-order valence-electron chi connectivity index (χ3n) is 2.48. The fraction of sp³-hybridized carbons (Fsp3) is 0.182. The lowest BCUT2D eigenvalue weighted by Crippen LogP contribution is -2.03. The van der Waals surface area contributed by atoms with Gasteiger partial charge in [-0.15, -0.1) is 22.7 Å². The van der Waals surface area contributed by atoms with Crippen LogP contribution in [-0.2, 0) is 6.42 Å². The second kappa shape index (κ2) is 4.05. The Balaban J connectivity index is 1.86. The predicted molar refractivity (Wildman–Crippen MR) is 68.0 cm³/mol. The number of Topliss-reactive ketones (excluding diaryl/α,β-unsaturated/α-hetero) is 1. The Morgan fingerprint density at radius 1 is 1.47 bits per heavy atom. The summed E-state index contributed by atoms with van der Waals surface area (Å²) in [6, 6.07) is 0. The van der Waals surface area contributed by atoms with Crippen LogP contribution in [0.1, 0.15) is 21.1 Å². The van der Waals surface area contributed by atoms with Crippen LogP contribution in [0.25, 0.3) is 4.96 Å². The number of hydrogen-bond donors (Lipinski definition) is 0. The average molecular weight is 263 g/mol. The SMILES string of the molecule is Cc1ncsc1C(=O)Cc1cn2ccsc2n1. The first-order valence-corrected chi connectivity index (χ1v) is 6.84. The van der Waals surface area contributed by atoms with Crippen LogP contribution in [0.5, 0.6) is 0 Å². The zero-order chi connectivity index (χ0) is 11.8. The van der Waals surface area contributed by atoms with Crippen LogP contribution in [0.15, 0.2) is 23.3 Å². The molecule has 3 rings (SSSR count). The molecule has 17 heavy (non-hydrogen) atoms. The summed E-state index contributed by atoms with van der Waals surface area (Å²) in [6.07, 6.45) is 4.19. The Labute approximate surface area is 106 Å². The normalized spacial score (nSPS) is 11.1. The lowest BCUT2D eigenvalue weighted by Gasteiger charge is -1.95. The molecule has 3 heterocycles. The molecule has 0 unspecified atom stereocenters. The summed E-state index contributed by atoms with van der Waals surface area (Å²) in [6.45, 7) is 1.86. The van der Waals surface area contributed by atoms with Crippen LogP contribution in [0.4, 0.5) is 0 Å². The Bertz CT molecular complexity index is 651. The summed E-state index contributed by atoms with van der Waals surface area (Å²) in [5, 5.41) is 1.97. The summed E-state index contributed by atoms with van der Waals surface area (Å²) in [4.78, 5) is 22.2. The van der Waals surface area contributed by atoms with Gasteiger partial charge in [0, 0.05) is 17.8 Å². The maximum absolute atomic E-state index is 12.0. The fourth-order valence-corrected chi connectivity index (χ4v) is 3.14. The molecule has 0 aliphatic carbocycles. The van der Waals surface area contributed by atoms with Crippen LogP contribution in [-0.4, -0.2) is 20.2 Å². The van der Waals surface area contributed by atoms with E-state index in [1.165, 1.54) is 11.3 Å². The number of hydrogen-bond acceptors (Lipinski definition) is 5. The summed E-state index contributed by atoms with van der Waals surface area (Å²) in [5.74, 6) is 0.0933. The molecule has 86 valence electrons. The van der Waals surface area contributed by atoms with Gasteiger partial charge in [0.2, 0.25) is 0 Å². The second-order valence-electron chi connectivity index (χ2n) is 3.69. The predicted octanol–water partition coefficient (Wildman–Crippen LogP) is 2.59. The van der Waals surface area contributed by atoms with Gasteiger partial charge in [-0.05, 0) is 6.92 Å². The third kappa shape index (κ3) is 1.89. The first kappa shape index (κ1) is 10.6. The van der Waals surface area contributed by atoms with Crippen molar-refractivity contribution < 1.29 is 4.79 Å². The molecule has 0 saturated heterocycles. The van der Waals surface area contributed by atoms with Crippen molar-refractivity contribution in [2.45, 2.75) is 13.3 Å². The van der Waals surface area contributed by atoms with Crippen molar-refractivity contribution in [1.82, 2.24) is 14.4 Å². The molecule has 0 radical (unpaired) electrons. The minimum Gasteiger partial charge on any atom is -0.297 e. The molecule has 6 heteroatoms. The van der Waals surface area contributed by atoms with E-state index >= 15 is 0 Å². The first-order valence-electron chi connectivity index (χ1n) is 5.08. The summed E-state index contributed by atoms with van der Waals surface area (Å²) in [7, 11) is 0. The fourth-order valence-electron chi connectivity index (χ4n) is 1.68. The van der Waals surface area contributed by atoms with Crippen molar-refractivity contribution in [1.29, 1.82) is 0 Å². The van der Waals surface area contributed by atoms with E-state index in [1.54, 1.807) is 16.8 Å². The van der Waals surface area contributed by atoms with Crippen molar-refractivity contribution in [3.05, 3.63) is 39.5 Å². The van der Waals surface area contributed by atoms with Gasteiger partial charge in [0.1, 0.15) is 0 Å². The van der Waals surface area contributed by atoms with Crippen LogP contribution < -0.4 is 0 Å². The average Bonchev–Trinajstić information content (AvgIpc) is 2.92. The number of nitrogens with zero attached hydrogens (tertiary/aromatic N) is 3. The van der Waals surface area contributed by atoms with E-state index in [4.69, 9.17) is 0 Å². The van der Waals surface area contributed by atoms with Gasteiger partial charge in [0.05, 0.1) is 28.2 Å². The van der Waals surface area contributed by atoms with Gasteiger partial charge >= 0.3 is 0 Å². The summed E-state index contributed by atoms with van der Waals surface area (Å²) in [5.41, 5.74) is 3.32. The number of aryl methyl sites for hydroxylation is 1. The van der Waals surface area contributed by atoms with Crippen molar-refractivity contribution in [2.75, 3.05) is 0 Å². The molecule has 3 aromatic heterocycles. The van der Waals surface area contributed by atoms with Gasteiger partial charge in [0.25, 0.3) is 0 Å². The van der Waals surface area contributed by atoms with Gasteiger partial charge in [-0.25, -0.2) is 9.97 Å². The monoisotopic (exact) mass is 263 g/mol. The quantitative estimate of drug-likeness (QED) is 0.682. The largest absolute Gasteiger partial charge is 0.297 e. The van der Waals surface area contributed by atoms with Crippen molar-refractivity contribution in [3.63, 3.8) is 0 Å². The van der Waals surface area contributed by atoms with Crippen molar-refractivity contribution in [3.8, 4) is 0 Å². The molecule has 4 nitrogen and oxygen atoms in total. The third-order valence-corrected chi connectivity index (χ3v) is 4.22. The Morgan fingerprint density at radius 2 is 2.35 bits per heavy atom. The number of aromatic nitrogens is 3. The van der Waals surface area contributed by atoms with Crippen molar-refractivity contribution in [2.24, 2.45) is 0 Å². The van der Waals surface area contributed by atoms with Gasteiger partial charge in [0.15, 0.2) is 10.7 Å². The van der Waals surface area contributed by atoms with E-state index in [0.29, 0.717) is 6.42 Å². The highest BCUT2D eigenvalue weighted by Gasteiger charge is 2.14. The maximum atomic E-state index is 12.0. The summed E-state index contributed by atoms with van der Waals surface area (Å²) >= 11 is 2.96. The molecule has 0 aromatic carbocycles. The Hall–Kier alpha value is -1.53. The summed E-state index contributed by atoms with van der Waals surface area (Å²) < 4.78 is 1.94. The van der Waals surface area contributed by atoms with Crippen LogP contribution >= 0.6 is 22.7 Å². The molecule has 0 atom stereocenters.